The molecule has 0 saturated carbocycles. The maximum atomic E-state index is 12.5. The summed E-state index contributed by atoms with van der Waals surface area (Å²) in [7, 11) is 0. The summed E-state index contributed by atoms with van der Waals surface area (Å²) in [5, 5.41) is 3.66. The van der Waals surface area contributed by atoms with Gasteiger partial charge < -0.3 is 14.5 Å². The van der Waals surface area contributed by atoms with E-state index in [4.69, 9.17) is 9.15 Å². The van der Waals surface area contributed by atoms with Crippen LogP contribution in [0.15, 0.2) is 52.1 Å². The van der Waals surface area contributed by atoms with Crippen molar-refractivity contribution in [2.45, 2.75) is 17.9 Å². The largest absolute Gasteiger partial charge is 0.431 e. The Balaban J connectivity index is 1.31. The third-order valence-electron chi connectivity index (χ3n) is 4.97. The van der Waals surface area contributed by atoms with Crippen LogP contribution in [-0.4, -0.2) is 55.2 Å². The van der Waals surface area contributed by atoms with Gasteiger partial charge in [-0.15, -0.1) is 0 Å². The van der Waals surface area contributed by atoms with E-state index in [0.717, 1.165) is 55.1 Å². The summed E-state index contributed by atoms with van der Waals surface area (Å²) >= 11 is 1.54. The fourth-order valence-electron chi connectivity index (χ4n) is 3.33. The number of carbonyl (C=O) groups is 1. The average molecular weight is 412 g/mol. The first kappa shape index (κ1) is 19.9. The van der Waals surface area contributed by atoms with Gasteiger partial charge in [0.15, 0.2) is 5.58 Å². The molecule has 2 heterocycles. The van der Waals surface area contributed by atoms with Gasteiger partial charge in [-0.2, -0.15) is 0 Å². The summed E-state index contributed by atoms with van der Waals surface area (Å²) in [5.74, 6) is 0.656. The van der Waals surface area contributed by atoms with E-state index in [0.29, 0.717) is 23.1 Å². The van der Waals surface area contributed by atoms with Gasteiger partial charge in [-0.05, 0) is 36.2 Å². The summed E-state index contributed by atoms with van der Waals surface area (Å²) in [6, 6.07) is 13.7. The Hall–Kier alpha value is -2.35. The SMILES string of the molecule is Cc1cccc2oc(SCc3cccc(C(=O)NCCN4CCOCC4)c3)nc12. The number of aromatic nitrogens is 1. The number of aryl methyl sites for hydroxylation is 1. The van der Waals surface area contributed by atoms with Gasteiger partial charge in [0, 0.05) is 37.5 Å². The van der Waals surface area contributed by atoms with Crippen LogP contribution in [0.4, 0.5) is 0 Å². The Morgan fingerprint density at radius 1 is 1.21 bits per heavy atom. The fourth-order valence-corrected chi connectivity index (χ4v) is 4.10. The predicted molar refractivity (Wildman–Crippen MR) is 114 cm³/mol. The van der Waals surface area contributed by atoms with Gasteiger partial charge >= 0.3 is 0 Å². The molecule has 2 aromatic carbocycles. The molecule has 1 aromatic heterocycles. The van der Waals surface area contributed by atoms with Crippen LogP contribution < -0.4 is 5.32 Å². The zero-order valence-corrected chi connectivity index (χ0v) is 17.3. The van der Waals surface area contributed by atoms with Crippen LogP contribution in [0, 0.1) is 6.92 Å². The number of morpholine rings is 1. The van der Waals surface area contributed by atoms with Gasteiger partial charge in [-0.1, -0.05) is 36.0 Å². The third kappa shape index (κ3) is 5.18. The van der Waals surface area contributed by atoms with Crippen LogP contribution in [0.5, 0.6) is 0 Å². The highest BCUT2D eigenvalue weighted by Crippen LogP contribution is 2.27. The van der Waals surface area contributed by atoms with Crippen molar-refractivity contribution in [3.8, 4) is 0 Å². The first-order valence-corrected chi connectivity index (χ1v) is 10.8. The van der Waals surface area contributed by atoms with Crippen molar-refractivity contribution in [1.29, 1.82) is 0 Å². The van der Waals surface area contributed by atoms with Crippen molar-refractivity contribution in [1.82, 2.24) is 15.2 Å². The van der Waals surface area contributed by atoms with Gasteiger partial charge in [-0.25, -0.2) is 4.98 Å². The third-order valence-corrected chi connectivity index (χ3v) is 5.87. The first-order valence-electron chi connectivity index (χ1n) is 9.85. The molecule has 7 heteroatoms. The average Bonchev–Trinajstić information content (AvgIpc) is 3.18. The number of hydrogen-bond donors (Lipinski definition) is 1. The van der Waals surface area contributed by atoms with Gasteiger partial charge in [-0.3, -0.25) is 9.69 Å². The molecule has 0 spiro atoms. The lowest BCUT2D eigenvalue weighted by Gasteiger charge is -2.26. The molecule has 1 N–H and O–H groups in total. The molecule has 0 unspecified atom stereocenters. The molecule has 6 nitrogen and oxygen atoms in total. The molecule has 4 rings (SSSR count). The number of thioether (sulfide) groups is 1. The summed E-state index contributed by atoms with van der Waals surface area (Å²) in [6.07, 6.45) is 0. The number of fused-ring (bicyclic) bond motifs is 1. The van der Waals surface area contributed by atoms with Crippen LogP contribution in [0.25, 0.3) is 11.1 Å². The number of hydrogen-bond acceptors (Lipinski definition) is 6. The maximum absolute atomic E-state index is 12.5. The number of nitrogens with one attached hydrogen (secondary N) is 1. The van der Waals surface area contributed by atoms with Gasteiger partial charge in [0.25, 0.3) is 11.1 Å². The lowest BCUT2D eigenvalue weighted by molar-refractivity contribution is 0.0383. The second kappa shape index (κ2) is 9.43. The lowest BCUT2D eigenvalue weighted by Crippen LogP contribution is -2.41. The molecule has 1 aliphatic heterocycles. The Labute approximate surface area is 174 Å². The van der Waals surface area contributed by atoms with Crippen LogP contribution in [-0.2, 0) is 10.5 Å². The molecule has 1 aliphatic rings. The van der Waals surface area contributed by atoms with E-state index in [2.05, 4.69) is 15.2 Å². The number of ether oxygens (including phenoxy) is 1. The number of para-hydroxylation sites is 1. The molecule has 29 heavy (non-hydrogen) atoms. The van der Waals surface area contributed by atoms with E-state index in [1.165, 1.54) is 11.8 Å². The Morgan fingerprint density at radius 2 is 2.03 bits per heavy atom. The van der Waals surface area contributed by atoms with Crippen LogP contribution in [0.2, 0.25) is 0 Å². The van der Waals surface area contributed by atoms with E-state index in [-0.39, 0.29) is 5.91 Å². The number of carbonyl (C=O) groups excluding carboxylic acids is 1. The van der Waals surface area contributed by atoms with E-state index in [1.54, 1.807) is 0 Å². The predicted octanol–water partition coefficient (Wildman–Crippen LogP) is 3.49. The smallest absolute Gasteiger partial charge is 0.257 e. The molecular weight excluding hydrogens is 386 g/mol. The molecule has 1 saturated heterocycles. The number of benzene rings is 2. The van der Waals surface area contributed by atoms with Gasteiger partial charge in [0.05, 0.1) is 13.2 Å². The molecule has 0 aliphatic carbocycles. The minimum atomic E-state index is -0.0393. The standard InChI is InChI=1S/C22H25N3O3S/c1-16-4-2-7-19-20(16)24-22(28-19)29-15-17-5-3-6-18(14-17)21(26)23-8-9-25-10-12-27-13-11-25/h2-7,14H,8-13,15H2,1H3,(H,23,26). The molecule has 0 bridgehead atoms. The molecule has 1 amide bonds. The van der Waals surface area contributed by atoms with E-state index >= 15 is 0 Å². The summed E-state index contributed by atoms with van der Waals surface area (Å²) in [6.45, 7) is 6.92. The number of amides is 1. The van der Waals surface area contributed by atoms with E-state index in [1.807, 2.05) is 49.4 Å². The Bertz CT molecular complexity index is 982. The minimum Gasteiger partial charge on any atom is -0.431 e. The quantitative estimate of drug-likeness (QED) is 0.601. The normalized spacial score (nSPS) is 14.9. The second-order valence-corrected chi connectivity index (χ2v) is 8.03. The minimum absolute atomic E-state index is 0.0393. The highest BCUT2D eigenvalue weighted by Gasteiger charge is 2.12. The number of nitrogens with zero attached hydrogens (tertiary/aromatic N) is 2. The molecule has 1 fully saturated rings. The van der Waals surface area contributed by atoms with Crippen molar-refractivity contribution in [2.75, 3.05) is 39.4 Å². The van der Waals surface area contributed by atoms with Crippen LogP contribution in [0.1, 0.15) is 21.5 Å². The second-order valence-electron chi connectivity index (χ2n) is 7.10. The van der Waals surface area contributed by atoms with Crippen molar-refractivity contribution >= 4 is 28.8 Å². The lowest BCUT2D eigenvalue weighted by atomic mass is 10.1. The molecule has 3 aromatic rings. The Morgan fingerprint density at radius 3 is 2.86 bits per heavy atom. The highest BCUT2D eigenvalue weighted by atomic mass is 32.2. The van der Waals surface area contributed by atoms with Crippen molar-refractivity contribution in [3.63, 3.8) is 0 Å². The summed E-state index contributed by atoms with van der Waals surface area (Å²) in [5.41, 5.74) is 4.56. The maximum Gasteiger partial charge on any atom is 0.257 e. The van der Waals surface area contributed by atoms with Crippen LogP contribution in [0.3, 0.4) is 0 Å². The number of rotatable bonds is 7. The molecule has 0 atom stereocenters. The van der Waals surface area contributed by atoms with Gasteiger partial charge in [0.1, 0.15) is 5.52 Å². The zero-order valence-electron chi connectivity index (χ0n) is 16.5. The Kier molecular flexibility index (Phi) is 6.49. The number of oxazole rings is 1. The molecule has 152 valence electrons. The fraction of sp³-hybridized carbons (Fsp3) is 0.364. The van der Waals surface area contributed by atoms with Crippen molar-refractivity contribution in [2.24, 2.45) is 0 Å². The van der Waals surface area contributed by atoms with E-state index < -0.39 is 0 Å². The van der Waals surface area contributed by atoms with Crippen molar-refractivity contribution < 1.29 is 13.9 Å². The zero-order chi connectivity index (χ0) is 20.1. The van der Waals surface area contributed by atoms with E-state index in [9.17, 15) is 4.79 Å². The van der Waals surface area contributed by atoms with Crippen LogP contribution >= 0.6 is 11.8 Å². The topological polar surface area (TPSA) is 67.6 Å². The van der Waals surface area contributed by atoms with Gasteiger partial charge in [0.2, 0.25) is 0 Å². The van der Waals surface area contributed by atoms with Crippen molar-refractivity contribution in [3.05, 3.63) is 59.2 Å². The summed E-state index contributed by atoms with van der Waals surface area (Å²) in [4.78, 5) is 19.4. The highest BCUT2D eigenvalue weighted by molar-refractivity contribution is 7.98. The monoisotopic (exact) mass is 411 g/mol. The molecular formula is C22H25N3O3S. The summed E-state index contributed by atoms with van der Waals surface area (Å²) < 4.78 is 11.2. The molecule has 0 radical (unpaired) electrons. The first-order chi connectivity index (χ1) is 14.2.